The van der Waals surface area contributed by atoms with Gasteiger partial charge in [0, 0.05) is 19.2 Å². The van der Waals surface area contributed by atoms with Gasteiger partial charge in [-0.25, -0.2) is 4.39 Å². The first kappa shape index (κ1) is 12.0. The van der Waals surface area contributed by atoms with Gasteiger partial charge < -0.3 is 4.90 Å². The molecule has 1 aromatic rings. The van der Waals surface area contributed by atoms with E-state index in [1.54, 1.807) is 0 Å². The highest BCUT2D eigenvalue weighted by atomic mass is 35.5. The van der Waals surface area contributed by atoms with Gasteiger partial charge in [0.05, 0.1) is 11.4 Å². The van der Waals surface area contributed by atoms with Crippen molar-refractivity contribution in [3.8, 4) is 0 Å². The highest BCUT2D eigenvalue weighted by Crippen LogP contribution is 2.30. The van der Waals surface area contributed by atoms with E-state index in [9.17, 15) is 14.0 Å². The van der Waals surface area contributed by atoms with Crippen LogP contribution in [0, 0.1) is 5.82 Å². The Balaban J connectivity index is 2.47. The number of carbonyl (C=O) groups is 2. The van der Waals surface area contributed by atoms with Gasteiger partial charge in [0.25, 0.3) is 0 Å². The van der Waals surface area contributed by atoms with Crippen LogP contribution >= 0.6 is 11.6 Å². The van der Waals surface area contributed by atoms with Crippen molar-refractivity contribution in [1.29, 1.82) is 0 Å². The maximum atomic E-state index is 13.7. The molecule has 5 heteroatoms. The molecular weight excluding hydrogens is 245 g/mol. The van der Waals surface area contributed by atoms with Crippen molar-refractivity contribution in [1.82, 2.24) is 0 Å². The number of amides is 1. The lowest BCUT2D eigenvalue weighted by Gasteiger charge is -2.15. The molecule has 1 amide bonds. The Labute approximate surface area is 103 Å². The minimum Gasteiger partial charge on any atom is -0.312 e. The Morgan fingerprint density at radius 1 is 1.47 bits per heavy atom. The quantitative estimate of drug-likeness (QED) is 0.600. The molecule has 90 valence electrons. The van der Waals surface area contributed by atoms with Crippen LogP contribution < -0.4 is 4.90 Å². The summed E-state index contributed by atoms with van der Waals surface area (Å²) in [6.07, 6.45) is 0.637. The van der Waals surface area contributed by atoms with Crippen LogP contribution in [-0.2, 0) is 11.2 Å². The van der Waals surface area contributed by atoms with Crippen molar-refractivity contribution < 1.29 is 14.0 Å². The van der Waals surface area contributed by atoms with Crippen LogP contribution in [0.5, 0.6) is 0 Å². The Hall–Kier alpha value is -1.42. The molecule has 3 nitrogen and oxygen atoms in total. The molecule has 1 aliphatic rings. The molecular formula is C12H11ClFNO2. The summed E-state index contributed by atoms with van der Waals surface area (Å²) in [5.41, 5.74) is 1.38. The van der Waals surface area contributed by atoms with Crippen LogP contribution in [0.4, 0.5) is 10.1 Å². The number of fused-ring (bicyclic) bond motifs is 1. The molecule has 0 saturated carbocycles. The Morgan fingerprint density at radius 2 is 2.18 bits per heavy atom. The number of alkyl halides is 1. The molecule has 1 aromatic carbocycles. The van der Waals surface area contributed by atoms with Crippen LogP contribution in [-0.4, -0.2) is 24.1 Å². The minimum absolute atomic E-state index is 0.00384. The fourth-order valence-corrected chi connectivity index (χ4v) is 2.17. The summed E-state index contributed by atoms with van der Waals surface area (Å²) in [6.45, 7) is 1.97. The van der Waals surface area contributed by atoms with Gasteiger partial charge >= 0.3 is 0 Å². The highest BCUT2D eigenvalue weighted by molar-refractivity contribution is 6.30. The summed E-state index contributed by atoms with van der Waals surface area (Å²) in [4.78, 5) is 24.2. The number of ketones is 1. The first-order valence-electron chi connectivity index (χ1n) is 5.24. The van der Waals surface area contributed by atoms with Gasteiger partial charge in [-0.15, -0.1) is 11.6 Å². The Morgan fingerprint density at radius 3 is 2.76 bits per heavy atom. The van der Waals surface area contributed by atoms with Gasteiger partial charge in [-0.2, -0.15) is 0 Å². The summed E-state index contributed by atoms with van der Waals surface area (Å²) in [5.74, 6) is -1.43. The summed E-state index contributed by atoms with van der Waals surface area (Å²) < 4.78 is 13.7. The third kappa shape index (κ3) is 2.05. The van der Waals surface area contributed by atoms with E-state index >= 15 is 0 Å². The van der Waals surface area contributed by atoms with Gasteiger partial charge in [-0.3, -0.25) is 9.59 Å². The van der Waals surface area contributed by atoms with E-state index in [1.807, 2.05) is 0 Å². The largest absolute Gasteiger partial charge is 0.312 e. The molecule has 0 bridgehead atoms. The predicted molar refractivity (Wildman–Crippen MR) is 63.2 cm³/mol. The number of Topliss-reactive ketones (excluding diaryl/α,β-unsaturated/α-hetero) is 1. The molecule has 0 atom stereocenters. The normalized spacial score (nSPS) is 13.7. The van der Waals surface area contributed by atoms with Gasteiger partial charge in [0.2, 0.25) is 5.91 Å². The van der Waals surface area contributed by atoms with E-state index < -0.39 is 11.6 Å². The van der Waals surface area contributed by atoms with Crippen molar-refractivity contribution in [3.05, 3.63) is 29.1 Å². The van der Waals surface area contributed by atoms with Crippen molar-refractivity contribution in [2.75, 3.05) is 17.3 Å². The fraction of sp³-hybridized carbons (Fsp3) is 0.333. The van der Waals surface area contributed by atoms with E-state index in [1.165, 1.54) is 24.0 Å². The summed E-state index contributed by atoms with van der Waals surface area (Å²) in [7, 11) is 0. The number of hydrogen-bond acceptors (Lipinski definition) is 2. The third-order valence-corrected chi connectivity index (χ3v) is 3.11. The molecule has 0 radical (unpaired) electrons. The maximum absolute atomic E-state index is 13.7. The SMILES string of the molecule is CC(=O)N1CCc2cc(C(=O)CCl)c(F)cc21. The minimum atomic E-state index is -0.623. The zero-order valence-corrected chi connectivity index (χ0v) is 10.1. The van der Waals surface area contributed by atoms with Crippen molar-refractivity contribution in [2.24, 2.45) is 0 Å². The molecule has 1 aliphatic heterocycles. The standard InChI is InChI=1S/C12H11ClFNO2/c1-7(16)15-3-2-8-4-9(12(17)6-13)10(14)5-11(8)15/h4-5H,2-3,6H2,1H3. The molecule has 0 spiro atoms. The smallest absolute Gasteiger partial charge is 0.223 e. The summed E-state index contributed by atoms with van der Waals surface area (Å²) in [6, 6.07) is 2.74. The summed E-state index contributed by atoms with van der Waals surface area (Å²) >= 11 is 5.41. The van der Waals surface area contributed by atoms with Crippen molar-refractivity contribution in [3.63, 3.8) is 0 Å². The molecule has 0 aliphatic carbocycles. The first-order valence-corrected chi connectivity index (χ1v) is 5.77. The van der Waals surface area contributed by atoms with Crippen molar-refractivity contribution >= 4 is 29.0 Å². The highest BCUT2D eigenvalue weighted by Gasteiger charge is 2.25. The van der Waals surface area contributed by atoms with Gasteiger partial charge in [0.1, 0.15) is 5.82 Å². The lowest BCUT2D eigenvalue weighted by molar-refractivity contribution is -0.116. The van der Waals surface area contributed by atoms with E-state index in [-0.39, 0.29) is 17.4 Å². The number of nitrogens with zero attached hydrogens (tertiary/aromatic N) is 1. The van der Waals surface area contributed by atoms with E-state index in [0.29, 0.717) is 18.7 Å². The number of benzene rings is 1. The van der Waals surface area contributed by atoms with E-state index in [2.05, 4.69) is 0 Å². The second-order valence-corrected chi connectivity index (χ2v) is 4.21. The molecule has 0 unspecified atom stereocenters. The molecule has 0 aromatic heterocycles. The molecule has 2 rings (SSSR count). The zero-order chi connectivity index (χ0) is 12.6. The number of anilines is 1. The number of carbonyl (C=O) groups excluding carboxylic acids is 2. The molecule has 17 heavy (non-hydrogen) atoms. The second-order valence-electron chi connectivity index (χ2n) is 3.94. The topological polar surface area (TPSA) is 37.4 Å². The summed E-state index contributed by atoms with van der Waals surface area (Å²) in [5, 5.41) is 0. The molecule has 1 heterocycles. The van der Waals surface area contributed by atoms with Crippen LogP contribution in [0.1, 0.15) is 22.8 Å². The van der Waals surface area contributed by atoms with Gasteiger partial charge in [0.15, 0.2) is 5.78 Å². The van der Waals surface area contributed by atoms with Crippen molar-refractivity contribution in [2.45, 2.75) is 13.3 Å². The average molecular weight is 256 g/mol. The average Bonchev–Trinajstić information content (AvgIpc) is 2.69. The van der Waals surface area contributed by atoms with E-state index in [4.69, 9.17) is 11.6 Å². The lowest BCUT2D eigenvalue weighted by Crippen LogP contribution is -2.25. The first-order chi connectivity index (χ1) is 8.04. The van der Waals surface area contributed by atoms with Gasteiger partial charge in [-0.1, -0.05) is 0 Å². The van der Waals surface area contributed by atoms with Crippen LogP contribution in [0.2, 0.25) is 0 Å². The number of halogens is 2. The Bertz CT molecular complexity index is 502. The van der Waals surface area contributed by atoms with Gasteiger partial charge in [-0.05, 0) is 24.1 Å². The number of rotatable bonds is 2. The van der Waals surface area contributed by atoms with Crippen LogP contribution in [0.25, 0.3) is 0 Å². The van der Waals surface area contributed by atoms with Crippen LogP contribution in [0.3, 0.4) is 0 Å². The fourth-order valence-electron chi connectivity index (χ4n) is 2.02. The number of hydrogen-bond donors (Lipinski definition) is 0. The predicted octanol–water partition coefficient (Wildman–Crippen LogP) is 2.16. The Kier molecular flexibility index (Phi) is 3.15. The third-order valence-electron chi connectivity index (χ3n) is 2.87. The van der Waals surface area contributed by atoms with E-state index in [0.717, 1.165) is 5.56 Å². The lowest BCUT2D eigenvalue weighted by atomic mass is 10.1. The zero-order valence-electron chi connectivity index (χ0n) is 9.30. The maximum Gasteiger partial charge on any atom is 0.223 e. The van der Waals surface area contributed by atoms with Crippen LogP contribution in [0.15, 0.2) is 12.1 Å². The molecule has 0 fully saturated rings. The second kappa shape index (κ2) is 4.45. The molecule has 0 N–H and O–H groups in total. The molecule has 0 saturated heterocycles. The monoisotopic (exact) mass is 255 g/mol.